The van der Waals surface area contributed by atoms with E-state index < -0.39 is 5.82 Å². The number of benzene rings is 1. The minimum Gasteiger partial charge on any atom is -0.334 e. The van der Waals surface area contributed by atoms with Gasteiger partial charge in [0.2, 0.25) is 0 Å². The van der Waals surface area contributed by atoms with Gasteiger partial charge in [-0.3, -0.25) is 4.79 Å². The molecule has 2 N–H and O–H groups in total. The zero-order chi connectivity index (χ0) is 13.3. The highest BCUT2D eigenvalue weighted by molar-refractivity contribution is 6.36. The van der Waals surface area contributed by atoms with E-state index in [2.05, 4.69) is 0 Å². The fraction of sp³-hybridized carbons (Fsp3) is 0.417. The maximum atomic E-state index is 13.4. The van der Waals surface area contributed by atoms with Gasteiger partial charge in [0.15, 0.2) is 0 Å². The SMILES string of the molecule is NC[C@H]1CCCN1C(=O)c1cc(F)c(Cl)cc1Cl. The third-order valence-electron chi connectivity index (χ3n) is 3.15. The molecule has 98 valence electrons. The number of likely N-dealkylation sites (tertiary alicyclic amines) is 1. The molecule has 0 aliphatic carbocycles. The number of hydrogen-bond donors (Lipinski definition) is 1. The molecule has 0 radical (unpaired) electrons. The van der Waals surface area contributed by atoms with E-state index in [-0.39, 0.29) is 27.6 Å². The van der Waals surface area contributed by atoms with Crippen molar-refractivity contribution in [1.82, 2.24) is 4.90 Å². The Morgan fingerprint density at radius 1 is 1.44 bits per heavy atom. The summed E-state index contributed by atoms with van der Waals surface area (Å²) in [6, 6.07) is 2.34. The van der Waals surface area contributed by atoms with Crippen molar-refractivity contribution in [3.8, 4) is 0 Å². The third kappa shape index (κ3) is 2.46. The van der Waals surface area contributed by atoms with E-state index >= 15 is 0 Å². The number of carbonyl (C=O) groups is 1. The van der Waals surface area contributed by atoms with Crippen molar-refractivity contribution in [2.24, 2.45) is 5.73 Å². The van der Waals surface area contributed by atoms with Crippen molar-refractivity contribution in [3.05, 3.63) is 33.6 Å². The van der Waals surface area contributed by atoms with E-state index in [9.17, 15) is 9.18 Å². The van der Waals surface area contributed by atoms with Crippen LogP contribution in [0.3, 0.4) is 0 Å². The Morgan fingerprint density at radius 2 is 2.17 bits per heavy atom. The third-order valence-corrected chi connectivity index (χ3v) is 3.75. The standard InChI is InChI=1S/C12H13Cl2FN2O/c13-9-5-10(14)11(15)4-8(9)12(18)17-3-1-2-7(17)6-16/h4-5,7H,1-3,6,16H2/t7-/m1/s1. The second-order valence-corrected chi connectivity index (χ2v) is 5.09. The molecule has 18 heavy (non-hydrogen) atoms. The molecule has 0 bridgehead atoms. The van der Waals surface area contributed by atoms with Crippen molar-refractivity contribution in [3.63, 3.8) is 0 Å². The lowest BCUT2D eigenvalue weighted by atomic mass is 10.1. The molecule has 1 amide bonds. The average Bonchev–Trinajstić information content (AvgIpc) is 2.81. The average molecular weight is 291 g/mol. The van der Waals surface area contributed by atoms with Crippen LogP contribution in [0.25, 0.3) is 0 Å². The number of carbonyl (C=O) groups excluding carboxylic acids is 1. The van der Waals surface area contributed by atoms with Crippen molar-refractivity contribution in [2.45, 2.75) is 18.9 Å². The maximum absolute atomic E-state index is 13.4. The molecule has 1 aromatic rings. The Bertz CT molecular complexity index is 481. The molecule has 1 heterocycles. The highest BCUT2D eigenvalue weighted by Crippen LogP contribution is 2.27. The van der Waals surface area contributed by atoms with Gasteiger partial charge in [-0.15, -0.1) is 0 Å². The molecule has 1 aliphatic heterocycles. The van der Waals surface area contributed by atoms with Gasteiger partial charge in [0, 0.05) is 19.1 Å². The second-order valence-electron chi connectivity index (χ2n) is 4.28. The summed E-state index contributed by atoms with van der Waals surface area (Å²) in [6.45, 7) is 1.03. The van der Waals surface area contributed by atoms with Gasteiger partial charge in [-0.2, -0.15) is 0 Å². The summed E-state index contributed by atoms with van der Waals surface area (Å²) in [7, 11) is 0. The normalized spacial score (nSPS) is 19.3. The van der Waals surface area contributed by atoms with Crippen LogP contribution in [0.4, 0.5) is 4.39 Å². The quantitative estimate of drug-likeness (QED) is 0.852. The largest absolute Gasteiger partial charge is 0.334 e. The van der Waals surface area contributed by atoms with Crippen molar-refractivity contribution < 1.29 is 9.18 Å². The lowest BCUT2D eigenvalue weighted by Crippen LogP contribution is -2.40. The van der Waals surface area contributed by atoms with Gasteiger partial charge < -0.3 is 10.6 Å². The Kier molecular flexibility index (Phi) is 4.10. The first-order chi connectivity index (χ1) is 8.54. The van der Waals surface area contributed by atoms with E-state index in [0.717, 1.165) is 18.9 Å². The van der Waals surface area contributed by atoms with Gasteiger partial charge >= 0.3 is 0 Å². The second kappa shape index (κ2) is 5.43. The van der Waals surface area contributed by atoms with Crippen molar-refractivity contribution in [2.75, 3.05) is 13.1 Å². The molecule has 3 nitrogen and oxygen atoms in total. The number of rotatable bonds is 2. The highest BCUT2D eigenvalue weighted by atomic mass is 35.5. The zero-order valence-electron chi connectivity index (χ0n) is 9.63. The zero-order valence-corrected chi connectivity index (χ0v) is 11.1. The summed E-state index contributed by atoms with van der Waals surface area (Å²) in [5, 5.41) is 0.0717. The molecule has 1 aromatic carbocycles. The summed E-state index contributed by atoms with van der Waals surface area (Å²) < 4.78 is 13.4. The van der Waals surface area contributed by atoms with E-state index in [1.54, 1.807) is 4.90 Å². The Balaban J connectivity index is 2.31. The molecule has 0 spiro atoms. The van der Waals surface area contributed by atoms with Crippen LogP contribution in [0.1, 0.15) is 23.2 Å². The van der Waals surface area contributed by atoms with E-state index in [0.29, 0.717) is 13.1 Å². The minimum atomic E-state index is -0.645. The molecule has 6 heteroatoms. The number of nitrogens with two attached hydrogens (primary N) is 1. The maximum Gasteiger partial charge on any atom is 0.255 e. The topological polar surface area (TPSA) is 46.3 Å². The molecule has 1 atom stereocenters. The molecule has 1 fully saturated rings. The van der Waals surface area contributed by atoms with E-state index in [1.165, 1.54) is 6.07 Å². The van der Waals surface area contributed by atoms with Crippen LogP contribution in [0.5, 0.6) is 0 Å². The van der Waals surface area contributed by atoms with Gasteiger partial charge in [-0.1, -0.05) is 23.2 Å². The molecular weight excluding hydrogens is 278 g/mol. The van der Waals surface area contributed by atoms with Crippen LogP contribution in [0.2, 0.25) is 10.0 Å². The van der Waals surface area contributed by atoms with Crippen LogP contribution in [0.15, 0.2) is 12.1 Å². The summed E-state index contributed by atoms with van der Waals surface area (Å²) in [4.78, 5) is 13.9. The van der Waals surface area contributed by atoms with Gasteiger partial charge in [0.1, 0.15) is 5.82 Å². The Hall–Kier alpha value is -0.840. The van der Waals surface area contributed by atoms with Gasteiger partial charge in [0.25, 0.3) is 5.91 Å². The smallest absolute Gasteiger partial charge is 0.255 e. The van der Waals surface area contributed by atoms with Crippen LogP contribution < -0.4 is 5.73 Å². The van der Waals surface area contributed by atoms with Crippen LogP contribution in [-0.2, 0) is 0 Å². The van der Waals surface area contributed by atoms with Crippen LogP contribution in [0, 0.1) is 5.82 Å². The van der Waals surface area contributed by atoms with Crippen LogP contribution >= 0.6 is 23.2 Å². The first-order valence-corrected chi connectivity index (χ1v) is 6.45. The van der Waals surface area contributed by atoms with Gasteiger partial charge in [-0.25, -0.2) is 4.39 Å². The summed E-state index contributed by atoms with van der Waals surface area (Å²) in [5.41, 5.74) is 5.75. The predicted octanol–water partition coefficient (Wildman–Crippen LogP) is 2.70. The fourth-order valence-electron chi connectivity index (χ4n) is 2.19. The predicted molar refractivity (Wildman–Crippen MR) is 69.5 cm³/mol. The molecule has 0 saturated carbocycles. The Labute approximate surface area is 115 Å². The number of hydrogen-bond acceptors (Lipinski definition) is 2. The van der Waals surface area contributed by atoms with Crippen LogP contribution in [-0.4, -0.2) is 29.9 Å². The molecular formula is C12H13Cl2FN2O. The number of halogens is 3. The van der Waals surface area contributed by atoms with E-state index in [1.807, 2.05) is 0 Å². The molecule has 1 aliphatic rings. The highest BCUT2D eigenvalue weighted by Gasteiger charge is 2.29. The molecule has 0 aromatic heterocycles. The van der Waals surface area contributed by atoms with E-state index in [4.69, 9.17) is 28.9 Å². The molecule has 0 unspecified atom stereocenters. The summed E-state index contributed by atoms with van der Waals surface area (Å²) in [5.74, 6) is -0.934. The summed E-state index contributed by atoms with van der Waals surface area (Å²) >= 11 is 11.5. The number of amides is 1. The lowest BCUT2D eigenvalue weighted by molar-refractivity contribution is 0.0741. The number of nitrogens with zero attached hydrogens (tertiary/aromatic N) is 1. The van der Waals surface area contributed by atoms with Gasteiger partial charge in [-0.05, 0) is 25.0 Å². The van der Waals surface area contributed by atoms with Crippen molar-refractivity contribution in [1.29, 1.82) is 0 Å². The summed E-state index contributed by atoms with van der Waals surface area (Å²) in [6.07, 6.45) is 1.78. The fourth-order valence-corrected chi connectivity index (χ4v) is 2.65. The molecule has 2 rings (SSSR count). The van der Waals surface area contributed by atoms with Crippen molar-refractivity contribution >= 4 is 29.1 Å². The lowest BCUT2D eigenvalue weighted by Gasteiger charge is -2.24. The minimum absolute atomic E-state index is 0.00676. The Morgan fingerprint density at radius 3 is 2.83 bits per heavy atom. The molecule has 1 saturated heterocycles. The first kappa shape index (κ1) is 13.6. The first-order valence-electron chi connectivity index (χ1n) is 5.70. The monoisotopic (exact) mass is 290 g/mol. The van der Waals surface area contributed by atoms with Gasteiger partial charge in [0.05, 0.1) is 15.6 Å².